The van der Waals surface area contributed by atoms with E-state index >= 15 is 0 Å². The largest absolute Gasteiger partial charge is 0.325 e. The molecule has 3 aromatic rings. The Balaban J connectivity index is 1.58. The number of nitrogens with zero attached hydrogens (tertiary/aromatic N) is 4. The Hall–Kier alpha value is -1.74. The number of carbonyl (C=O) groups excluding carboxylic acids is 1. The Labute approximate surface area is 155 Å². The highest BCUT2D eigenvalue weighted by atomic mass is 35.5. The van der Waals surface area contributed by atoms with Crippen LogP contribution < -0.4 is 5.32 Å². The number of hydrogen-bond donors (Lipinski definition) is 1. The Morgan fingerprint density at radius 2 is 1.96 bits per heavy atom. The number of rotatable bonds is 5. The Morgan fingerprint density at radius 1 is 1.17 bits per heavy atom. The Morgan fingerprint density at radius 3 is 2.67 bits per heavy atom. The minimum absolute atomic E-state index is 0.186. The monoisotopic (exact) mass is 397 g/mol. The molecule has 3 rings (SSSR count). The molecule has 0 radical (unpaired) electrons. The van der Waals surface area contributed by atoms with E-state index in [1.54, 1.807) is 36.8 Å². The van der Waals surface area contributed by atoms with Crippen molar-refractivity contribution >= 4 is 57.9 Å². The number of benzene rings is 1. The van der Waals surface area contributed by atoms with Crippen LogP contribution in [0.3, 0.4) is 0 Å². The molecule has 6 nitrogen and oxygen atoms in total. The molecule has 0 unspecified atom stereocenters. The number of halogens is 2. The first-order valence-electron chi connectivity index (χ1n) is 6.59. The van der Waals surface area contributed by atoms with E-state index in [1.165, 1.54) is 23.1 Å². The molecule has 0 bridgehead atoms. The number of hydrogen-bond acceptors (Lipinski definition) is 7. The van der Waals surface area contributed by atoms with Crippen LogP contribution in [-0.4, -0.2) is 31.8 Å². The van der Waals surface area contributed by atoms with Crippen LogP contribution in [-0.2, 0) is 4.79 Å². The summed E-state index contributed by atoms with van der Waals surface area (Å²) in [6, 6.07) is 4.86. The molecule has 0 saturated heterocycles. The van der Waals surface area contributed by atoms with Crippen LogP contribution in [0.1, 0.15) is 0 Å². The molecule has 0 spiro atoms. The van der Waals surface area contributed by atoms with Crippen LogP contribution in [0.4, 0.5) is 5.69 Å². The third kappa shape index (κ3) is 4.64. The molecule has 122 valence electrons. The predicted molar refractivity (Wildman–Crippen MR) is 96.8 cm³/mol. The van der Waals surface area contributed by atoms with E-state index in [2.05, 4.69) is 25.5 Å². The summed E-state index contributed by atoms with van der Waals surface area (Å²) in [5, 5.41) is 12.4. The fourth-order valence-electron chi connectivity index (χ4n) is 1.73. The summed E-state index contributed by atoms with van der Waals surface area (Å²) in [5.41, 5.74) is 1.20. The van der Waals surface area contributed by atoms with Gasteiger partial charge in [0, 0.05) is 28.1 Å². The van der Waals surface area contributed by atoms with Gasteiger partial charge in [0.1, 0.15) is 5.69 Å². The van der Waals surface area contributed by atoms with Gasteiger partial charge in [-0.2, -0.15) is 0 Å². The number of anilines is 1. The molecule has 0 aliphatic rings. The molecule has 2 heterocycles. The van der Waals surface area contributed by atoms with Crippen molar-refractivity contribution in [1.29, 1.82) is 0 Å². The zero-order chi connectivity index (χ0) is 16.9. The second-order valence-corrected chi connectivity index (χ2v) is 7.53. The van der Waals surface area contributed by atoms with E-state index in [-0.39, 0.29) is 11.7 Å². The Kier molecular flexibility index (Phi) is 5.62. The predicted octanol–water partition coefficient (Wildman–Crippen LogP) is 4.03. The van der Waals surface area contributed by atoms with Gasteiger partial charge in [-0.1, -0.05) is 46.3 Å². The van der Waals surface area contributed by atoms with Crippen molar-refractivity contribution in [2.24, 2.45) is 0 Å². The van der Waals surface area contributed by atoms with Gasteiger partial charge in [0.2, 0.25) is 5.91 Å². The SMILES string of the molecule is O=C(CSc1nnc(-c2cnccn2)s1)Nc1cc(Cl)cc(Cl)c1. The Bertz CT molecular complexity index is 839. The summed E-state index contributed by atoms with van der Waals surface area (Å²) in [6.45, 7) is 0. The normalized spacial score (nSPS) is 10.6. The van der Waals surface area contributed by atoms with Gasteiger partial charge < -0.3 is 5.32 Å². The van der Waals surface area contributed by atoms with Crippen molar-refractivity contribution in [2.75, 3.05) is 11.1 Å². The molecule has 0 aliphatic heterocycles. The quantitative estimate of drug-likeness (QED) is 0.654. The standard InChI is InChI=1S/C14H9Cl2N5OS2/c15-8-3-9(16)5-10(4-8)19-12(22)7-23-14-21-20-13(24-14)11-6-17-1-2-18-11/h1-6H,7H2,(H,19,22). The van der Waals surface area contributed by atoms with Gasteiger partial charge in [-0.05, 0) is 18.2 Å². The summed E-state index contributed by atoms with van der Waals surface area (Å²) in [4.78, 5) is 20.2. The van der Waals surface area contributed by atoms with Gasteiger partial charge >= 0.3 is 0 Å². The van der Waals surface area contributed by atoms with Crippen molar-refractivity contribution in [3.63, 3.8) is 0 Å². The third-order valence-corrected chi connectivity index (χ3v) is 5.18. The minimum atomic E-state index is -0.186. The first-order chi connectivity index (χ1) is 11.6. The lowest BCUT2D eigenvalue weighted by Gasteiger charge is -2.05. The summed E-state index contributed by atoms with van der Waals surface area (Å²) in [6.07, 6.45) is 4.80. The van der Waals surface area contributed by atoms with E-state index < -0.39 is 0 Å². The van der Waals surface area contributed by atoms with Gasteiger partial charge in [-0.3, -0.25) is 14.8 Å². The summed E-state index contributed by atoms with van der Waals surface area (Å²) in [5.74, 6) is 0.00812. The first-order valence-corrected chi connectivity index (χ1v) is 9.14. The molecule has 0 fully saturated rings. The van der Waals surface area contributed by atoms with E-state index in [1.807, 2.05) is 0 Å². The average Bonchev–Trinajstić information content (AvgIpc) is 3.02. The molecule has 0 aliphatic carbocycles. The smallest absolute Gasteiger partial charge is 0.234 e. The molecule has 1 amide bonds. The highest BCUT2D eigenvalue weighted by Crippen LogP contribution is 2.28. The molecule has 10 heteroatoms. The summed E-state index contributed by atoms with van der Waals surface area (Å²) in [7, 11) is 0. The maximum Gasteiger partial charge on any atom is 0.234 e. The second kappa shape index (κ2) is 7.89. The second-order valence-electron chi connectivity index (χ2n) is 4.46. The zero-order valence-corrected chi connectivity index (χ0v) is 15.1. The number of carbonyl (C=O) groups is 1. The van der Waals surface area contributed by atoms with Gasteiger partial charge in [0.25, 0.3) is 0 Å². The van der Waals surface area contributed by atoms with E-state index in [9.17, 15) is 4.79 Å². The summed E-state index contributed by atoms with van der Waals surface area (Å²) < 4.78 is 0.676. The molecule has 0 saturated carbocycles. The van der Waals surface area contributed by atoms with Crippen molar-refractivity contribution < 1.29 is 4.79 Å². The van der Waals surface area contributed by atoms with Crippen LogP contribution in [0.15, 0.2) is 41.1 Å². The number of thioether (sulfide) groups is 1. The van der Waals surface area contributed by atoms with E-state index in [0.717, 1.165) is 0 Å². The van der Waals surface area contributed by atoms with Gasteiger partial charge in [0.15, 0.2) is 9.35 Å². The van der Waals surface area contributed by atoms with Gasteiger partial charge in [-0.15, -0.1) is 10.2 Å². The third-order valence-electron chi connectivity index (χ3n) is 2.66. The van der Waals surface area contributed by atoms with Crippen molar-refractivity contribution in [2.45, 2.75) is 4.34 Å². The average molecular weight is 398 g/mol. The van der Waals surface area contributed by atoms with Crippen LogP contribution in [0.5, 0.6) is 0 Å². The highest BCUT2D eigenvalue weighted by molar-refractivity contribution is 8.01. The molecule has 0 atom stereocenters. The van der Waals surface area contributed by atoms with Gasteiger partial charge in [0.05, 0.1) is 11.9 Å². The molecule has 1 aromatic carbocycles. The molecule has 1 N–H and O–H groups in total. The lowest BCUT2D eigenvalue weighted by Crippen LogP contribution is -2.13. The first kappa shape index (κ1) is 17.1. The van der Waals surface area contributed by atoms with Crippen LogP contribution in [0, 0.1) is 0 Å². The van der Waals surface area contributed by atoms with Crippen molar-refractivity contribution in [3.8, 4) is 10.7 Å². The summed E-state index contributed by atoms with van der Waals surface area (Å²) >= 11 is 14.4. The van der Waals surface area contributed by atoms with Crippen molar-refractivity contribution in [3.05, 3.63) is 46.8 Å². The number of amides is 1. The molecule has 24 heavy (non-hydrogen) atoms. The fraction of sp³-hybridized carbons (Fsp3) is 0.0714. The molecular weight excluding hydrogens is 389 g/mol. The lowest BCUT2D eigenvalue weighted by molar-refractivity contribution is -0.113. The van der Waals surface area contributed by atoms with Crippen LogP contribution in [0.25, 0.3) is 10.7 Å². The minimum Gasteiger partial charge on any atom is -0.325 e. The number of nitrogens with one attached hydrogen (secondary N) is 1. The lowest BCUT2D eigenvalue weighted by atomic mass is 10.3. The van der Waals surface area contributed by atoms with Crippen LogP contribution >= 0.6 is 46.3 Å². The van der Waals surface area contributed by atoms with Gasteiger partial charge in [-0.25, -0.2) is 0 Å². The topological polar surface area (TPSA) is 80.7 Å². The maximum atomic E-state index is 12.0. The van der Waals surface area contributed by atoms with E-state index in [0.29, 0.717) is 30.8 Å². The van der Waals surface area contributed by atoms with E-state index in [4.69, 9.17) is 23.2 Å². The van der Waals surface area contributed by atoms with Crippen molar-refractivity contribution in [1.82, 2.24) is 20.2 Å². The fourth-order valence-corrected chi connectivity index (χ4v) is 3.87. The molecule has 2 aromatic heterocycles. The highest BCUT2D eigenvalue weighted by Gasteiger charge is 2.11. The maximum absolute atomic E-state index is 12.0. The number of aromatic nitrogens is 4. The molecular formula is C14H9Cl2N5OS2. The van der Waals surface area contributed by atoms with Crippen LogP contribution in [0.2, 0.25) is 10.0 Å². The zero-order valence-electron chi connectivity index (χ0n) is 11.9.